The molecule has 9 heteroatoms. The highest BCUT2D eigenvalue weighted by Crippen LogP contribution is 2.45. The molecule has 0 radical (unpaired) electrons. The summed E-state index contributed by atoms with van der Waals surface area (Å²) in [4.78, 5) is 25.9. The van der Waals surface area contributed by atoms with Crippen molar-refractivity contribution in [2.45, 2.75) is 12.7 Å². The van der Waals surface area contributed by atoms with Crippen LogP contribution >= 0.6 is 11.6 Å². The van der Waals surface area contributed by atoms with Crippen LogP contribution < -0.4 is 14.9 Å². The third kappa shape index (κ3) is 3.75. The van der Waals surface area contributed by atoms with Gasteiger partial charge in [0.25, 0.3) is 0 Å². The Morgan fingerprint density at radius 3 is 2.52 bits per heavy atom. The van der Waals surface area contributed by atoms with Gasteiger partial charge in [0, 0.05) is 29.1 Å². The normalized spacial score (nSPS) is 13.2. The molecule has 166 valence electrons. The summed E-state index contributed by atoms with van der Waals surface area (Å²) >= 11 is 6.35. The van der Waals surface area contributed by atoms with Gasteiger partial charge in [0.05, 0.1) is 31.9 Å². The van der Waals surface area contributed by atoms with Crippen molar-refractivity contribution in [3.63, 3.8) is 0 Å². The maximum Gasteiger partial charge on any atom is 0.326 e. The Hall–Kier alpha value is -3.70. The number of hydrogen-bond acceptors (Lipinski definition) is 7. The molecule has 0 aliphatic carbocycles. The summed E-state index contributed by atoms with van der Waals surface area (Å²) in [6, 6.07) is 9.92. The average Bonchev–Trinajstić information content (AvgIpc) is 3.26. The molecule has 0 fully saturated rings. The quantitative estimate of drug-likeness (QED) is 0.404. The second-order valence-corrected chi connectivity index (χ2v) is 7.83. The molecule has 1 aliphatic rings. The van der Waals surface area contributed by atoms with E-state index in [-0.39, 0.29) is 33.4 Å². The first-order chi connectivity index (χ1) is 15.9. The number of ether oxygens (including phenoxy) is 3. The topological polar surface area (TPSA) is 98.8 Å². The predicted octanol–water partition coefficient (Wildman–Crippen LogP) is 4.56. The lowest BCUT2D eigenvalue weighted by molar-refractivity contribution is -0.135. The summed E-state index contributed by atoms with van der Waals surface area (Å²) in [5.41, 5.74) is 1.56. The van der Waals surface area contributed by atoms with Crippen molar-refractivity contribution >= 4 is 40.8 Å². The van der Waals surface area contributed by atoms with Crippen LogP contribution in [0.3, 0.4) is 0 Å². The van der Waals surface area contributed by atoms with Crippen LogP contribution in [-0.2, 0) is 9.53 Å². The standard InChI is InChI=1S/C24H19BClNO6/c1-30-18-11-19(31-2)21-16(28)10-17(13-6-4-5-7-15(13)26)33-23(21)20(18)14-8-9-25(12-27)22(14)24(29)32-3/h4-7,10-11H,8-9H2,1-3H3. The van der Waals surface area contributed by atoms with Crippen molar-refractivity contribution in [2.75, 3.05) is 21.3 Å². The predicted molar refractivity (Wildman–Crippen MR) is 126 cm³/mol. The van der Waals surface area contributed by atoms with Gasteiger partial charge in [-0.2, -0.15) is 0 Å². The molecule has 1 aromatic heterocycles. The summed E-state index contributed by atoms with van der Waals surface area (Å²) < 4.78 is 22.3. The third-order valence-corrected chi connectivity index (χ3v) is 6.06. The molecule has 0 saturated heterocycles. The Kier molecular flexibility index (Phi) is 6.17. The molecule has 33 heavy (non-hydrogen) atoms. The van der Waals surface area contributed by atoms with Gasteiger partial charge in [-0.15, -0.1) is 0 Å². The van der Waals surface area contributed by atoms with Crippen molar-refractivity contribution < 1.29 is 23.4 Å². The monoisotopic (exact) mass is 463 g/mol. The zero-order valence-electron chi connectivity index (χ0n) is 18.2. The maximum absolute atomic E-state index is 13.2. The van der Waals surface area contributed by atoms with Crippen LogP contribution in [0.15, 0.2) is 51.1 Å². The fourth-order valence-electron chi connectivity index (χ4n) is 4.22. The van der Waals surface area contributed by atoms with E-state index in [1.165, 1.54) is 27.4 Å². The van der Waals surface area contributed by atoms with Crippen LogP contribution in [0, 0.1) is 11.2 Å². The molecule has 0 saturated carbocycles. The number of hydrogen-bond donors (Lipinski definition) is 0. The minimum atomic E-state index is -0.646. The molecule has 7 nitrogen and oxygen atoms in total. The number of halogens is 1. The van der Waals surface area contributed by atoms with E-state index >= 15 is 0 Å². The second kappa shape index (κ2) is 9.04. The first kappa shape index (κ1) is 22.5. The number of nitriles is 1. The highest BCUT2D eigenvalue weighted by atomic mass is 35.5. The van der Waals surface area contributed by atoms with Crippen LogP contribution in [0.1, 0.15) is 12.0 Å². The SMILES string of the molecule is COC(=O)C1=C(c2c(OC)cc(OC)c3c(=O)cc(-c4ccccc4Cl)oc23)CCB1C#N. The minimum Gasteiger partial charge on any atom is -0.496 e. The van der Waals surface area contributed by atoms with Crippen LogP contribution in [0.2, 0.25) is 11.3 Å². The van der Waals surface area contributed by atoms with E-state index < -0.39 is 12.7 Å². The van der Waals surface area contributed by atoms with Gasteiger partial charge in [-0.1, -0.05) is 30.1 Å². The van der Waals surface area contributed by atoms with E-state index in [0.717, 1.165) is 0 Å². The van der Waals surface area contributed by atoms with E-state index in [9.17, 15) is 14.9 Å². The fraction of sp³-hybridized carbons (Fsp3) is 0.208. The largest absolute Gasteiger partial charge is 0.496 e. The summed E-state index contributed by atoms with van der Waals surface area (Å²) in [6.45, 7) is -0.646. The number of benzene rings is 2. The minimum absolute atomic E-state index is 0.184. The Balaban J connectivity index is 2.16. The highest BCUT2D eigenvalue weighted by Gasteiger charge is 2.38. The van der Waals surface area contributed by atoms with Crippen LogP contribution in [-0.4, -0.2) is 34.0 Å². The number of fused-ring (bicyclic) bond motifs is 1. The van der Waals surface area contributed by atoms with Gasteiger partial charge < -0.3 is 18.6 Å². The number of carbonyl (C=O) groups excluding carboxylic acids is 1. The lowest BCUT2D eigenvalue weighted by atomic mass is 9.46. The number of nitrogens with zero attached hydrogens (tertiary/aromatic N) is 1. The Labute approximate surface area is 195 Å². The van der Waals surface area contributed by atoms with Gasteiger partial charge in [0.2, 0.25) is 0 Å². The number of allylic oxidation sites excluding steroid dienone is 1. The molecule has 3 aromatic rings. The van der Waals surface area contributed by atoms with E-state index in [1.54, 1.807) is 30.3 Å². The molecule has 2 aromatic carbocycles. The lowest BCUT2D eigenvalue weighted by Gasteiger charge is -2.17. The number of esters is 1. The molecular weight excluding hydrogens is 445 g/mol. The van der Waals surface area contributed by atoms with Gasteiger partial charge >= 0.3 is 12.7 Å². The van der Waals surface area contributed by atoms with E-state index in [2.05, 4.69) is 5.97 Å². The second-order valence-electron chi connectivity index (χ2n) is 7.42. The van der Waals surface area contributed by atoms with Crippen LogP contribution in [0.4, 0.5) is 0 Å². The fourth-order valence-corrected chi connectivity index (χ4v) is 4.45. The first-order valence-corrected chi connectivity index (χ1v) is 10.5. The molecule has 0 unspecified atom stereocenters. The molecule has 4 rings (SSSR count). The highest BCUT2D eigenvalue weighted by molar-refractivity contribution is 6.81. The molecular formula is C24H19BClNO6. The van der Waals surface area contributed by atoms with Crippen molar-refractivity contribution in [3.8, 4) is 28.8 Å². The Morgan fingerprint density at radius 1 is 1.15 bits per heavy atom. The van der Waals surface area contributed by atoms with Gasteiger partial charge in [0.1, 0.15) is 22.6 Å². The molecule has 0 spiro atoms. The summed E-state index contributed by atoms with van der Waals surface area (Å²) in [7, 11) is 4.17. The van der Waals surface area contributed by atoms with E-state index in [0.29, 0.717) is 40.2 Å². The van der Waals surface area contributed by atoms with Gasteiger partial charge in [-0.25, -0.2) is 10.1 Å². The van der Waals surface area contributed by atoms with Crippen LogP contribution in [0.25, 0.3) is 27.9 Å². The maximum atomic E-state index is 13.2. The summed E-state index contributed by atoms with van der Waals surface area (Å²) in [5, 5.41) is 10.2. The zero-order valence-corrected chi connectivity index (χ0v) is 19.0. The van der Waals surface area contributed by atoms with E-state index in [4.69, 9.17) is 30.2 Å². The molecule has 0 N–H and O–H groups in total. The zero-order chi connectivity index (χ0) is 23.7. The van der Waals surface area contributed by atoms with Crippen molar-refractivity contribution in [1.29, 1.82) is 5.26 Å². The summed E-state index contributed by atoms with van der Waals surface area (Å²) in [6.07, 6.45) is 0.835. The molecule has 0 amide bonds. The number of rotatable bonds is 5. The number of methoxy groups -OCH3 is 3. The van der Waals surface area contributed by atoms with Crippen LogP contribution in [0.5, 0.6) is 11.5 Å². The Morgan fingerprint density at radius 2 is 1.88 bits per heavy atom. The van der Waals surface area contributed by atoms with Gasteiger partial charge in [-0.3, -0.25) is 4.79 Å². The van der Waals surface area contributed by atoms with E-state index in [1.807, 2.05) is 0 Å². The smallest absolute Gasteiger partial charge is 0.326 e. The first-order valence-electron chi connectivity index (χ1n) is 10.1. The molecule has 1 aliphatic heterocycles. The van der Waals surface area contributed by atoms with Crippen molar-refractivity contribution in [3.05, 3.63) is 62.7 Å². The van der Waals surface area contributed by atoms with Gasteiger partial charge in [0.15, 0.2) is 11.0 Å². The molecule has 2 heterocycles. The third-order valence-electron chi connectivity index (χ3n) is 5.73. The number of carbonyl (C=O) groups is 1. The molecule has 0 bridgehead atoms. The summed E-state index contributed by atoms with van der Waals surface area (Å²) in [5.74, 6) is 2.41. The average molecular weight is 464 g/mol. The Bertz CT molecular complexity index is 1400. The van der Waals surface area contributed by atoms with Crippen molar-refractivity contribution in [2.24, 2.45) is 0 Å². The lowest BCUT2D eigenvalue weighted by Crippen LogP contribution is -2.19. The van der Waals surface area contributed by atoms with Gasteiger partial charge in [-0.05, 0) is 24.1 Å². The van der Waals surface area contributed by atoms with Crippen molar-refractivity contribution in [1.82, 2.24) is 0 Å². The molecule has 0 atom stereocenters.